The second-order valence-corrected chi connectivity index (χ2v) is 7.78. The number of amides is 1. The van der Waals surface area contributed by atoms with Gasteiger partial charge in [0.05, 0.1) is 16.6 Å². The molecule has 0 saturated carbocycles. The molecule has 1 atom stereocenters. The number of Topliss-reactive ketones (excluding diaryl/α,β-unsaturated/α-hetero) is 1. The van der Waals surface area contributed by atoms with Gasteiger partial charge in [-0.25, -0.2) is 4.39 Å². The molecule has 0 bridgehead atoms. The zero-order chi connectivity index (χ0) is 22.3. The van der Waals surface area contributed by atoms with Crippen LogP contribution in [0, 0.1) is 19.7 Å². The molecule has 0 spiro atoms. The SMILES string of the molecule is Cc1ccc(C)c(/C(O)=C2\C(=O)C(=O)N(c3ccc(F)c(Cl)c3)C2c2cccnc2)c1. The molecule has 1 aliphatic rings. The molecule has 1 amide bonds. The molecule has 2 aromatic carbocycles. The minimum absolute atomic E-state index is 0.0628. The van der Waals surface area contributed by atoms with E-state index in [9.17, 15) is 19.1 Å². The van der Waals surface area contributed by atoms with Crippen molar-refractivity contribution >= 4 is 34.7 Å². The van der Waals surface area contributed by atoms with E-state index in [-0.39, 0.29) is 22.0 Å². The van der Waals surface area contributed by atoms with E-state index < -0.39 is 23.5 Å². The zero-order valence-corrected chi connectivity index (χ0v) is 17.5. The number of halogens is 2. The first-order valence-corrected chi connectivity index (χ1v) is 9.91. The van der Waals surface area contributed by atoms with Gasteiger partial charge in [0.25, 0.3) is 11.7 Å². The summed E-state index contributed by atoms with van der Waals surface area (Å²) in [5.74, 6) is -2.60. The normalized spacial score (nSPS) is 17.9. The average molecular weight is 437 g/mol. The molecular weight excluding hydrogens is 419 g/mol. The smallest absolute Gasteiger partial charge is 0.300 e. The number of rotatable bonds is 3. The average Bonchev–Trinajstić information content (AvgIpc) is 3.03. The number of nitrogens with zero attached hydrogens (tertiary/aromatic N) is 2. The third-order valence-corrected chi connectivity index (χ3v) is 5.56. The van der Waals surface area contributed by atoms with Gasteiger partial charge in [0.15, 0.2) is 0 Å². The highest BCUT2D eigenvalue weighted by Crippen LogP contribution is 2.43. The van der Waals surface area contributed by atoms with Crippen molar-refractivity contribution in [3.63, 3.8) is 0 Å². The number of anilines is 1. The number of benzene rings is 2. The lowest BCUT2D eigenvalue weighted by Gasteiger charge is -2.25. The second kappa shape index (κ2) is 7.96. The van der Waals surface area contributed by atoms with Crippen LogP contribution < -0.4 is 4.90 Å². The molecule has 1 aliphatic heterocycles. The predicted molar refractivity (Wildman–Crippen MR) is 116 cm³/mol. The Kier molecular flexibility index (Phi) is 5.33. The summed E-state index contributed by atoms with van der Waals surface area (Å²) in [5, 5.41) is 11.0. The number of aliphatic hydroxyl groups is 1. The minimum atomic E-state index is -0.949. The Hall–Kier alpha value is -3.51. The van der Waals surface area contributed by atoms with Gasteiger partial charge in [-0.1, -0.05) is 35.4 Å². The summed E-state index contributed by atoms with van der Waals surface area (Å²) >= 11 is 5.93. The summed E-state index contributed by atoms with van der Waals surface area (Å²) in [5.41, 5.74) is 2.81. The van der Waals surface area contributed by atoms with Crippen LogP contribution in [0.25, 0.3) is 5.76 Å². The maximum atomic E-state index is 13.7. The molecule has 0 aliphatic carbocycles. The second-order valence-electron chi connectivity index (χ2n) is 7.37. The molecule has 4 rings (SSSR count). The number of pyridine rings is 1. The minimum Gasteiger partial charge on any atom is -0.507 e. The van der Waals surface area contributed by atoms with Crippen LogP contribution in [0.1, 0.15) is 28.3 Å². The van der Waals surface area contributed by atoms with Gasteiger partial charge in [0.2, 0.25) is 0 Å². The van der Waals surface area contributed by atoms with E-state index in [1.165, 1.54) is 23.2 Å². The van der Waals surface area contributed by atoms with Gasteiger partial charge >= 0.3 is 0 Å². The molecule has 1 aromatic heterocycles. The number of carbonyl (C=O) groups excluding carboxylic acids is 2. The predicted octanol–water partition coefficient (Wildman–Crippen LogP) is 5.12. The first-order valence-electron chi connectivity index (χ1n) is 9.53. The number of aromatic nitrogens is 1. The first-order chi connectivity index (χ1) is 14.8. The van der Waals surface area contributed by atoms with Crippen LogP contribution in [-0.2, 0) is 9.59 Å². The topological polar surface area (TPSA) is 70.5 Å². The summed E-state index contributed by atoms with van der Waals surface area (Å²) in [6.45, 7) is 3.68. The number of hydrogen-bond donors (Lipinski definition) is 1. The van der Waals surface area contributed by atoms with E-state index in [0.29, 0.717) is 11.1 Å². The molecule has 7 heteroatoms. The molecule has 156 valence electrons. The number of hydrogen-bond acceptors (Lipinski definition) is 4. The van der Waals surface area contributed by atoms with E-state index in [0.717, 1.165) is 17.2 Å². The summed E-state index contributed by atoms with van der Waals surface area (Å²) in [6.07, 6.45) is 3.08. The molecular formula is C24H18ClFN2O3. The Labute approximate surface area is 183 Å². The van der Waals surface area contributed by atoms with Crippen LogP contribution in [0.3, 0.4) is 0 Å². The highest BCUT2D eigenvalue weighted by Gasteiger charge is 2.47. The summed E-state index contributed by atoms with van der Waals surface area (Å²) < 4.78 is 13.7. The standard InChI is InChI=1S/C24H18ClFN2O3/c1-13-5-6-14(2)17(10-13)22(29)20-21(15-4-3-9-27-12-15)28(24(31)23(20)30)16-7-8-19(26)18(25)11-16/h3-12,21,29H,1-2H3/b22-20+. The van der Waals surface area contributed by atoms with Crippen molar-refractivity contribution in [2.75, 3.05) is 4.90 Å². The number of ketones is 1. The quantitative estimate of drug-likeness (QED) is 0.351. The highest BCUT2D eigenvalue weighted by atomic mass is 35.5. The van der Waals surface area contributed by atoms with E-state index in [1.807, 2.05) is 26.0 Å². The van der Waals surface area contributed by atoms with Gasteiger partial charge in [0.1, 0.15) is 11.6 Å². The van der Waals surface area contributed by atoms with Crippen LogP contribution in [0.5, 0.6) is 0 Å². The Bertz CT molecular complexity index is 1240. The Morgan fingerprint density at radius 2 is 1.90 bits per heavy atom. The fourth-order valence-electron chi connectivity index (χ4n) is 3.72. The molecule has 31 heavy (non-hydrogen) atoms. The molecule has 1 N–H and O–H groups in total. The Balaban J connectivity index is 1.98. The van der Waals surface area contributed by atoms with Crippen molar-refractivity contribution in [2.45, 2.75) is 19.9 Å². The van der Waals surface area contributed by atoms with Gasteiger partial charge in [-0.15, -0.1) is 0 Å². The molecule has 3 aromatic rings. The number of aryl methyl sites for hydroxylation is 2. The van der Waals surface area contributed by atoms with Gasteiger partial charge < -0.3 is 5.11 Å². The summed E-state index contributed by atoms with van der Waals surface area (Å²) in [4.78, 5) is 31.5. The number of aliphatic hydroxyl groups excluding tert-OH is 1. The van der Waals surface area contributed by atoms with Gasteiger partial charge in [-0.05, 0) is 55.3 Å². The van der Waals surface area contributed by atoms with Crippen molar-refractivity contribution in [2.24, 2.45) is 0 Å². The third kappa shape index (κ3) is 3.59. The van der Waals surface area contributed by atoms with Crippen LogP contribution in [0.4, 0.5) is 10.1 Å². The lowest BCUT2D eigenvalue weighted by molar-refractivity contribution is -0.132. The zero-order valence-electron chi connectivity index (χ0n) is 16.8. The van der Waals surface area contributed by atoms with Crippen LogP contribution >= 0.6 is 11.6 Å². The maximum Gasteiger partial charge on any atom is 0.300 e. The fraction of sp³-hybridized carbons (Fsp3) is 0.125. The van der Waals surface area contributed by atoms with Gasteiger partial charge in [-0.2, -0.15) is 0 Å². The van der Waals surface area contributed by atoms with Crippen molar-refractivity contribution in [1.29, 1.82) is 0 Å². The lowest BCUT2D eigenvalue weighted by atomic mass is 9.94. The van der Waals surface area contributed by atoms with Crippen molar-refractivity contribution < 1.29 is 19.1 Å². The lowest BCUT2D eigenvalue weighted by Crippen LogP contribution is -2.29. The van der Waals surface area contributed by atoms with E-state index in [1.54, 1.807) is 24.4 Å². The van der Waals surface area contributed by atoms with E-state index >= 15 is 0 Å². The first kappa shape index (κ1) is 20.8. The molecule has 1 unspecified atom stereocenters. The molecule has 1 fully saturated rings. The molecule has 5 nitrogen and oxygen atoms in total. The van der Waals surface area contributed by atoms with Crippen LogP contribution in [0.15, 0.2) is 66.5 Å². The molecule has 1 saturated heterocycles. The summed E-state index contributed by atoms with van der Waals surface area (Å²) in [6, 6.07) is 11.7. The van der Waals surface area contributed by atoms with E-state index in [2.05, 4.69) is 4.98 Å². The number of carbonyl (C=O) groups is 2. The maximum absolute atomic E-state index is 13.7. The van der Waals surface area contributed by atoms with Crippen LogP contribution in [0.2, 0.25) is 5.02 Å². The largest absolute Gasteiger partial charge is 0.507 e. The monoisotopic (exact) mass is 436 g/mol. The fourth-order valence-corrected chi connectivity index (χ4v) is 3.90. The molecule has 0 radical (unpaired) electrons. The van der Waals surface area contributed by atoms with Crippen LogP contribution in [-0.4, -0.2) is 21.8 Å². The Morgan fingerprint density at radius 3 is 2.58 bits per heavy atom. The molecule has 2 heterocycles. The van der Waals surface area contributed by atoms with Crippen molar-refractivity contribution in [3.05, 3.63) is 99.6 Å². The van der Waals surface area contributed by atoms with E-state index in [4.69, 9.17) is 11.6 Å². The highest BCUT2D eigenvalue weighted by molar-refractivity contribution is 6.51. The van der Waals surface area contributed by atoms with Gasteiger partial charge in [-0.3, -0.25) is 19.5 Å². The van der Waals surface area contributed by atoms with Crippen molar-refractivity contribution in [3.8, 4) is 0 Å². The summed E-state index contributed by atoms with van der Waals surface area (Å²) in [7, 11) is 0. The Morgan fingerprint density at radius 1 is 1.13 bits per heavy atom. The van der Waals surface area contributed by atoms with Crippen molar-refractivity contribution in [1.82, 2.24) is 4.98 Å². The third-order valence-electron chi connectivity index (χ3n) is 5.27. The van der Waals surface area contributed by atoms with Gasteiger partial charge in [0, 0.05) is 23.6 Å².